The minimum absolute atomic E-state index is 0.413. The largest absolute Gasteiger partial charge is 0.489 e. The molecule has 3 rings (SSSR count). The van der Waals surface area contributed by atoms with Crippen LogP contribution in [0, 0.1) is 11.3 Å². The summed E-state index contributed by atoms with van der Waals surface area (Å²) in [5.74, 6) is 0.714. The quantitative estimate of drug-likeness (QED) is 0.438. The molecule has 0 aliphatic carbocycles. The van der Waals surface area contributed by atoms with E-state index in [2.05, 4.69) is 33.6 Å². The Hall–Kier alpha value is -2.84. The Kier molecular flexibility index (Phi) is 5.32. The van der Waals surface area contributed by atoms with Crippen molar-refractivity contribution in [1.82, 2.24) is 9.55 Å². The lowest BCUT2D eigenvalue weighted by Gasteiger charge is -2.09. The molecule has 25 heavy (non-hydrogen) atoms. The monoisotopic (exact) mass is 393 g/mol. The number of ether oxygens (including phenoxy) is 1. The molecule has 4 nitrogen and oxygen atoms in total. The fourth-order valence-electron chi connectivity index (χ4n) is 2.53. The van der Waals surface area contributed by atoms with Gasteiger partial charge in [0.1, 0.15) is 12.4 Å². The lowest BCUT2D eigenvalue weighted by atomic mass is 10.1. The third kappa shape index (κ3) is 3.98. The number of nitriles is 1. The molecule has 0 amide bonds. The number of rotatable bonds is 6. The highest BCUT2D eigenvalue weighted by Gasteiger charge is 2.07. The second-order valence-corrected chi connectivity index (χ2v) is 6.34. The van der Waals surface area contributed by atoms with Crippen LogP contribution in [0.15, 0.2) is 71.5 Å². The van der Waals surface area contributed by atoms with Crippen LogP contribution in [0.4, 0.5) is 0 Å². The molecule has 0 saturated heterocycles. The lowest BCUT2D eigenvalue weighted by molar-refractivity contribution is 0.362. The van der Waals surface area contributed by atoms with Crippen LogP contribution >= 0.6 is 15.9 Å². The molecule has 3 aromatic rings. The van der Waals surface area contributed by atoms with Gasteiger partial charge >= 0.3 is 0 Å². The summed E-state index contributed by atoms with van der Waals surface area (Å²) in [6, 6.07) is 15.9. The predicted molar refractivity (Wildman–Crippen MR) is 103 cm³/mol. The second-order valence-electron chi connectivity index (χ2n) is 5.42. The second kappa shape index (κ2) is 7.82. The Morgan fingerprint density at radius 1 is 1.32 bits per heavy atom. The highest BCUT2D eigenvalue weighted by molar-refractivity contribution is 9.10. The van der Waals surface area contributed by atoms with Crippen molar-refractivity contribution < 1.29 is 4.74 Å². The number of aromatic nitrogens is 2. The minimum Gasteiger partial charge on any atom is -0.489 e. The third-order valence-corrected chi connectivity index (χ3v) is 4.16. The molecule has 2 aromatic carbocycles. The fourth-order valence-corrected chi connectivity index (χ4v) is 2.91. The van der Waals surface area contributed by atoms with Gasteiger partial charge in [-0.3, -0.25) is 0 Å². The van der Waals surface area contributed by atoms with Crippen molar-refractivity contribution >= 4 is 33.0 Å². The predicted octanol–water partition coefficient (Wildman–Crippen LogP) is 4.97. The first kappa shape index (κ1) is 17.0. The summed E-state index contributed by atoms with van der Waals surface area (Å²) in [6.45, 7) is 4.53. The molecule has 124 valence electrons. The summed E-state index contributed by atoms with van der Waals surface area (Å²) in [5.41, 5.74) is 3.38. The summed E-state index contributed by atoms with van der Waals surface area (Å²) in [7, 11) is 0. The van der Waals surface area contributed by atoms with Gasteiger partial charge < -0.3 is 9.30 Å². The van der Waals surface area contributed by atoms with Crippen LogP contribution < -0.4 is 4.74 Å². The molecular formula is C20H16BrN3O. The van der Waals surface area contributed by atoms with Crippen molar-refractivity contribution in [3.8, 4) is 11.8 Å². The normalized spacial score (nSPS) is 11.3. The van der Waals surface area contributed by atoms with Crippen molar-refractivity contribution in [1.29, 1.82) is 5.26 Å². The first-order chi connectivity index (χ1) is 12.2. The minimum atomic E-state index is 0.413. The molecule has 0 aliphatic heterocycles. The molecular weight excluding hydrogens is 378 g/mol. The van der Waals surface area contributed by atoms with E-state index in [9.17, 15) is 5.26 Å². The van der Waals surface area contributed by atoms with Gasteiger partial charge in [-0.15, -0.1) is 0 Å². The zero-order valence-corrected chi connectivity index (χ0v) is 15.1. The summed E-state index contributed by atoms with van der Waals surface area (Å²) >= 11 is 3.47. The Morgan fingerprint density at radius 2 is 2.16 bits per heavy atom. The van der Waals surface area contributed by atoms with Crippen molar-refractivity contribution in [2.75, 3.05) is 6.61 Å². The highest BCUT2D eigenvalue weighted by atomic mass is 79.9. The van der Waals surface area contributed by atoms with Gasteiger partial charge in [0, 0.05) is 10.0 Å². The van der Waals surface area contributed by atoms with Crippen LogP contribution in [0.3, 0.4) is 0 Å². The number of benzene rings is 2. The Balaban J connectivity index is 1.94. The first-order valence-electron chi connectivity index (χ1n) is 7.75. The van der Waals surface area contributed by atoms with Crippen LogP contribution in [0.5, 0.6) is 5.75 Å². The van der Waals surface area contributed by atoms with Crippen molar-refractivity contribution in [3.05, 3.63) is 77.1 Å². The molecule has 0 N–H and O–H groups in total. The van der Waals surface area contributed by atoms with Crippen LogP contribution in [0.2, 0.25) is 0 Å². The van der Waals surface area contributed by atoms with Crippen LogP contribution in [-0.2, 0) is 6.54 Å². The number of nitrogens with zero attached hydrogens (tertiary/aromatic N) is 3. The Labute approximate surface area is 154 Å². The van der Waals surface area contributed by atoms with E-state index in [0.29, 0.717) is 24.5 Å². The average molecular weight is 394 g/mol. The fraction of sp³-hybridized carbons (Fsp3) is 0.100. The first-order valence-corrected chi connectivity index (χ1v) is 8.54. The molecule has 0 radical (unpaired) electrons. The highest BCUT2D eigenvalue weighted by Crippen LogP contribution is 2.26. The van der Waals surface area contributed by atoms with Crippen LogP contribution in [0.1, 0.15) is 5.56 Å². The molecule has 1 heterocycles. The number of hydrogen-bond acceptors (Lipinski definition) is 3. The maximum absolute atomic E-state index is 9.57. The summed E-state index contributed by atoms with van der Waals surface area (Å²) < 4.78 is 8.57. The molecule has 5 heteroatoms. The standard InChI is InChI=1S/C20H16BrN3O/c1-2-9-25-20-8-7-17(21)11-16(20)10-15(12-22)13-24-14-23-18-5-3-4-6-19(18)24/h2-8,10-11,14H,1,9,13H2/b15-10-. The summed E-state index contributed by atoms with van der Waals surface area (Å²) in [6.07, 6.45) is 5.29. The number of fused-ring (bicyclic) bond motifs is 1. The molecule has 0 atom stereocenters. The van der Waals surface area contributed by atoms with Crippen molar-refractivity contribution in [2.45, 2.75) is 6.54 Å². The van der Waals surface area contributed by atoms with E-state index >= 15 is 0 Å². The van der Waals surface area contributed by atoms with Gasteiger partial charge in [-0.05, 0) is 36.4 Å². The van der Waals surface area contributed by atoms with Crippen LogP contribution in [-0.4, -0.2) is 16.2 Å². The van der Waals surface area contributed by atoms with E-state index in [1.807, 2.05) is 53.1 Å². The third-order valence-electron chi connectivity index (χ3n) is 3.67. The number of halogens is 1. The van der Waals surface area contributed by atoms with Gasteiger partial charge in [-0.2, -0.15) is 5.26 Å². The van der Waals surface area contributed by atoms with E-state index < -0.39 is 0 Å². The lowest BCUT2D eigenvalue weighted by Crippen LogP contribution is -1.99. The Morgan fingerprint density at radius 3 is 2.96 bits per heavy atom. The van der Waals surface area contributed by atoms with E-state index in [-0.39, 0.29) is 0 Å². The molecule has 0 saturated carbocycles. The zero-order chi connectivity index (χ0) is 17.6. The topological polar surface area (TPSA) is 50.8 Å². The maximum Gasteiger partial charge on any atom is 0.127 e. The van der Waals surface area contributed by atoms with Crippen molar-refractivity contribution in [3.63, 3.8) is 0 Å². The van der Waals surface area contributed by atoms with Crippen LogP contribution in [0.25, 0.3) is 17.1 Å². The SMILES string of the molecule is C=CCOc1ccc(Br)cc1/C=C(/C#N)Cn1cnc2ccccc21. The summed E-state index contributed by atoms with van der Waals surface area (Å²) in [5, 5.41) is 9.57. The van der Waals surface area contributed by atoms with E-state index in [1.165, 1.54) is 0 Å². The molecule has 0 aliphatic rings. The molecule has 0 fully saturated rings. The summed E-state index contributed by atoms with van der Waals surface area (Å²) in [4.78, 5) is 4.37. The van der Waals surface area contributed by atoms with Gasteiger partial charge in [0.15, 0.2) is 0 Å². The van der Waals surface area contributed by atoms with Gasteiger partial charge in [0.25, 0.3) is 0 Å². The molecule has 0 unspecified atom stereocenters. The maximum atomic E-state index is 9.57. The van der Waals surface area contributed by atoms with E-state index in [0.717, 1.165) is 21.1 Å². The molecule has 0 spiro atoms. The molecule has 0 bridgehead atoms. The Bertz CT molecular complexity index is 982. The number of allylic oxidation sites excluding steroid dienone is 1. The van der Waals surface area contributed by atoms with Gasteiger partial charge in [0.05, 0.1) is 35.5 Å². The average Bonchev–Trinajstić information content (AvgIpc) is 3.03. The zero-order valence-electron chi connectivity index (χ0n) is 13.5. The van der Waals surface area contributed by atoms with E-state index in [4.69, 9.17) is 4.74 Å². The smallest absolute Gasteiger partial charge is 0.127 e. The van der Waals surface area contributed by atoms with Gasteiger partial charge in [0.2, 0.25) is 0 Å². The number of imidazole rings is 1. The van der Waals surface area contributed by atoms with Gasteiger partial charge in [-0.1, -0.05) is 40.7 Å². The number of para-hydroxylation sites is 2. The van der Waals surface area contributed by atoms with Gasteiger partial charge in [-0.25, -0.2) is 4.98 Å². The van der Waals surface area contributed by atoms with Crippen molar-refractivity contribution in [2.24, 2.45) is 0 Å². The van der Waals surface area contributed by atoms with E-state index in [1.54, 1.807) is 12.4 Å². The molecule has 1 aromatic heterocycles. The number of hydrogen-bond donors (Lipinski definition) is 0.